The molecular formula is C15H16N4O. The van der Waals surface area contributed by atoms with Crippen LogP contribution in [-0.2, 0) is 0 Å². The number of carbonyl (C=O) groups excluding carboxylic acids is 1. The van der Waals surface area contributed by atoms with Gasteiger partial charge in [-0.2, -0.15) is 5.10 Å². The lowest BCUT2D eigenvalue weighted by Crippen LogP contribution is -2.32. The Balaban J connectivity index is 2.00. The minimum absolute atomic E-state index is 0.0784. The normalized spacial score (nSPS) is 15.8. The summed E-state index contributed by atoms with van der Waals surface area (Å²) in [6, 6.07) is 1.76. The predicted molar refractivity (Wildman–Crippen MR) is 75.3 cm³/mol. The number of terminal acetylenes is 1. The number of fused-ring (bicyclic) bond motifs is 1. The van der Waals surface area contributed by atoms with Gasteiger partial charge >= 0.3 is 0 Å². The van der Waals surface area contributed by atoms with Gasteiger partial charge in [-0.1, -0.05) is 18.8 Å². The monoisotopic (exact) mass is 268 g/mol. The van der Waals surface area contributed by atoms with Gasteiger partial charge in [-0.15, -0.1) is 6.42 Å². The van der Waals surface area contributed by atoms with Gasteiger partial charge in [-0.05, 0) is 18.9 Å². The van der Waals surface area contributed by atoms with E-state index < -0.39 is 0 Å². The number of nitrogens with zero attached hydrogens (tertiary/aromatic N) is 4. The van der Waals surface area contributed by atoms with E-state index in [0.29, 0.717) is 16.9 Å². The number of carbonyl (C=O) groups is 1. The molecule has 5 nitrogen and oxygen atoms in total. The summed E-state index contributed by atoms with van der Waals surface area (Å²) in [6.45, 7) is 1.56. The smallest absolute Gasteiger partial charge is 0.275 e. The Bertz CT molecular complexity index is 675. The van der Waals surface area contributed by atoms with Crippen LogP contribution in [0.5, 0.6) is 0 Å². The van der Waals surface area contributed by atoms with Crippen LogP contribution in [0.4, 0.5) is 0 Å². The van der Waals surface area contributed by atoms with E-state index in [1.165, 1.54) is 12.8 Å². The van der Waals surface area contributed by atoms with Crippen molar-refractivity contribution < 1.29 is 4.79 Å². The molecule has 3 rings (SSSR count). The Hall–Kier alpha value is -2.35. The third kappa shape index (κ3) is 2.14. The molecule has 0 bridgehead atoms. The van der Waals surface area contributed by atoms with Crippen LogP contribution in [0, 0.1) is 12.3 Å². The van der Waals surface area contributed by atoms with Gasteiger partial charge in [0.2, 0.25) is 0 Å². The highest BCUT2D eigenvalue weighted by Gasteiger charge is 2.24. The second kappa shape index (κ2) is 5.33. The van der Waals surface area contributed by atoms with Gasteiger partial charge < -0.3 is 4.90 Å². The number of likely N-dealkylation sites (tertiary alicyclic amines) is 1. The summed E-state index contributed by atoms with van der Waals surface area (Å²) in [5.74, 6) is 2.48. The molecule has 0 aromatic carbocycles. The molecule has 1 saturated heterocycles. The molecule has 2 aromatic heterocycles. The Labute approximate surface area is 117 Å². The number of amides is 1. The minimum atomic E-state index is -0.0784. The van der Waals surface area contributed by atoms with Crippen molar-refractivity contribution >= 4 is 11.6 Å². The summed E-state index contributed by atoms with van der Waals surface area (Å²) >= 11 is 0. The fourth-order valence-corrected chi connectivity index (χ4v) is 2.59. The second-order valence-electron chi connectivity index (χ2n) is 4.96. The number of hydrogen-bond acceptors (Lipinski definition) is 3. The first-order chi connectivity index (χ1) is 9.81. The molecule has 102 valence electrons. The van der Waals surface area contributed by atoms with Crippen molar-refractivity contribution in [2.75, 3.05) is 13.1 Å². The van der Waals surface area contributed by atoms with Gasteiger partial charge in [0.15, 0.2) is 11.3 Å². The molecule has 1 fully saturated rings. The van der Waals surface area contributed by atoms with Gasteiger partial charge in [0.1, 0.15) is 5.56 Å². The van der Waals surface area contributed by atoms with Crippen molar-refractivity contribution in [1.29, 1.82) is 0 Å². The molecule has 0 atom stereocenters. The van der Waals surface area contributed by atoms with Crippen molar-refractivity contribution in [3.63, 3.8) is 0 Å². The predicted octanol–water partition coefficient (Wildman–Crippen LogP) is 1.73. The van der Waals surface area contributed by atoms with Crippen molar-refractivity contribution in [2.24, 2.45) is 0 Å². The van der Waals surface area contributed by atoms with Crippen LogP contribution in [0.2, 0.25) is 0 Å². The first-order valence-corrected chi connectivity index (χ1v) is 6.90. The molecule has 0 radical (unpaired) electrons. The molecule has 0 N–H and O–H groups in total. The Morgan fingerprint density at radius 3 is 2.70 bits per heavy atom. The molecule has 0 saturated carbocycles. The SMILES string of the molecule is C#Cc1c(C(=O)N2CCCCCC2)nn2cccnc12. The van der Waals surface area contributed by atoms with Crippen LogP contribution in [0.1, 0.15) is 41.7 Å². The highest BCUT2D eigenvalue weighted by atomic mass is 16.2. The molecule has 0 unspecified atom stereocenters. The van der Waals surface area contributed by atoms with Gasteiger partial charge in [0.05, 0.1) is 0 Å². The molecule has 5 heteroatoms. The molecule has 0 aliphatic carbocycles. The number of hydrogen-bond donors (Lipinski definition) is 0. The standard InChI is InChI=1S/C15H16N4O/c1-2-12-13(17-19-11-7-8-16-14(12)19)15(20)18-9-5-3-4-6-10-18/h1,7-8,11H,3-6,9-10H2. The Morgan fingerprint density at radius 1 is 1.25 bits per heavy atom. The van der Waals surface area contributed by atoms with Gasteiger partial charge in [-0.25, -0.2) is 9.50 Å². The Morgan fingerprint density at radius 2 is 2.00 bits per heavy atom. The van der Waals surface area contributed by atoms with Crippen molar-refractivity contribution in [1.82, 2.24) is 19.5 Å². The van der Waals surface area contributed by atoms with Crippen LogP contribution >= 0.6 is 0 Å². The lowest BCUT2D eigenvalue weighted by Gasteiger charge is -2.18. The van der Waals surface area contributed by atoms with Crippen LogP contribution in [0.15, 0.2) is 18.5 Å². The fraction of sp³-hybridized carbons (Fsp3) is 0.400. The van der Waals surface area contributed by atoms with E-state index in [4.69, 9.17) is 6.42 Å². The third-order valence-corrected chi connectivity index (χ3v) is 3.64. The molecule has 1 aliphatic rings. The average molecular weight is 268 g/mol. The molecule has 1 amide bonds. The van der Waals surface area contributed by atoms with E-state index >= 15 is 0 Å². The molecule has 2 aromatic rings. The molecule has 1 aliphatic heterocycles. The lowest BCUT2D eigenvalue weighted by molar-refractivity contribution is 0.0755. The van der Waals surface area contributed by atoms with E-state index in [1.54, 1.807) is 23.0 Å². The molecule has 3 heterocycles. The van der Waals surface area contributed by atoms with Crippen LogP contribution in [-0.4, -0.2) is 38.5 Å². The minimum Gasteiger partial charge on any atom is -0.337 e. The average Bonchev–Trinajstić information content (AvgIpc) is 2.65. The number of rotatable bonds is 1. The lowest BCUT2D eigenvalue weighted by atomic mass is 10.2. The fourth-order valence-electron chi connectivity index (χ4n) is 2.59. The highest BCUT2D eigenvalue weighted by Crippen LogP contribution is 2.17. The summed E-state index contributed by atoms with van der Waals surface area (Å²) < 4.78 is 1.57. The summed E-state index contributed by atoms with van der Waals surface area (Å²) in [6.07, 6.45) is 13.4. The van der Waals surface area contributed by atoms with E-state index in [1.807, 2.05) is 4.90 Å². The zero-order valence-corrected chi connectivity index (χ0v) is 11.2. The van der Waals surface area contributed by atoms with Crippen LogP contribution < -0.4 is 0 Å². The first-order valence-electron chi connectivity index (χ1n) is 6.90. The van der Waals surface area contributed by atoms with Gasteiger partial charge in [0, 0.05) is 25.5 Å². The van der Waals surface area contributed by atoms with Crippen LogP contribution in [0.3, 0.4) is 0 Å². The highest BCUT2D eigenvalue weighted by molar-refractivity contribution is 5.96. The van der Waals surface area contributed by atoms with Gasteiger partial charge in [-0.3, -0.25) is 4.79 Å². The first kappa shape index (κ1) is 12.7. The molecular weight excluding hydrogens is 252 g/mol. The molecule has 20 heavy (non-hydrogen) atoms. The zero-order valence-electron chi connectivity index (χ0n) is 11.2. The summed E-state index contributed by atoms with van der Waals surface area (Å²) in [7, 11) is 0. The third-order valence-electron chi connectivity index (χ3n) is 3.64. The largest absolute Gasteiger partial charge is 0.337 e. The topological polar surface area (TPSA) is 50.5 Å². The van der Waals surface area contributed by atoms with Crippen molar-refractivity contribution in [3.05, 3.63) is 29.7 Å². The van der Waals surface area contributed by atoms with E-state index in [9.17, 15) is 4.79 Å². The maximum Gasteiger partial charge on any atom is 0.275 e. The van der Waals surface area contributed by atoms with Gasteiger partial charge in [0.25, 0.3) is 5.91 Å². The quantitative estimate of drug-likeness (QED) is 0.740. The summed E-state index contributed by atoms with van der Waals surface area (Å²) in [4.78, 5) is 18.7. The summed E-state index contributed by atoms with van der Waals surface area (Å²) in [5.41, 5.74) is 1.39. The Kier molecular flexibility index (Phi) is 3.38. The van der Waals surface area contributed by atoms with E-state index in [0.717, 1.165) is 25.9 Å². The number of aromatic nitrogens is 3. The maximum atomic E-state index is 12.6. The van der Waals surface area contributed by atoms with E-state index in [-0.39, 0.29) is 5.91 Å². The molecule has 0 spiro atoms. The van der Waals surface area contributed by atoms with Crippen molar-refractivity contribution in [3.8, 4) is 12.3 Å². The maximum absolute atomic E-state index is 12.6. The second-order valence-corrected chi connectivity index (χ2v) is 4.96. The van der Waals surface area contributed by atoms with Crippen LogP contribution in [0.25, 0.3) is 5.65 Å². The van der Waals surface area contributed by atoms with Crippen molar-refractivity contribution in [2.45, 2.75) is 25.7 Å². The van der Waals surface area contributed by atoms with E-state index in [2.05, 4.69) is 16.0 Å². The summed E-state index contributed by atoms with van der Waals surface area (Å²) in [5, 5.41) is 4.31. The zero-order chi connectivity index (χ0) is 13.9.